The molecule has 0 spiro atoms. The molecule has 2 rings (SSSR count). The molecule has 0 bridgehead atoms. The second-order valence-electron chi connectivity index (χ2n) is 2.06. The van der Waals surface area contributed by atoms with E-state index in [9.17, 15) is 0 Å². The third-order valence-corrected chi connectivity index (χ3v) is 1.35. The Kier molecular flexibility index (Phi) is 2.74. The predicted molar refractivity (Wildman–Crippen MR) is 47.7 cm³/mol. The van der Waals surface area contributed by atoms with Gasteiger partial charge in [0.2, 0.25) is 0 Å². The van der Waals surface area contributed by atoms with Crippen molar-refractivity contribution in [2.75, 3.05) is 0 Å². The van der Waals surface area contributed by atoms with Crippen LogP contribution in [0.25, 0.3) is 11.3 Å². The van der Waals surface area contributed by atoms with Gasteiger partial charge in [-0.15, -0.1) is 0 Å². The summed E-state index contributed by atoms with van der Waals surface area (Å²) in [4.78, 5) is 12.1. The van der Waals surface area contributed by atoms with E-state index in [1.54, 1.807) is 18.7 Å². The normalized spacial score (nSPS) is 9.25. The summed E-state index contributed by atoms with van der Waals surface area (Å²) < 4.78 is 1.84. The summed E-state index contributed by atoms with van der Waals surface area (Å²) in [5.74, 6) is 0. The summed E-state index contributed by atoms with van der Waals surface area (Å²) in [5, 5.41) is 0. The van der Waals surface area contributed by atoms with Gasteiger partial charge in [0.25, 0.3) is 0 Å². The van der Waals surface area contributed by atoms with E-state index in [2.05, 4.69) is 15.0 Å². The molecule has 0 amide bonds. The third kappa shape index (κ3) is 1.42. The number of nitrogens with zero attached hydrogens (tertiary/aromatic N) is 4. The first kappa shape index (κ1) is 8.64. The summed E-state index contributed by atoms with van der Waals surface area (Å²) >= 11 is 0. The molecule has 0 aliphatic carbocycles. The molecule has 12 heavy (non-hydrogen) atoms. The Morgan fingerprint density at radius 2 is 1.75 bits per heavy atom. The van der Waals surface area contributed by atoms with E-state index in [0.29, 0.717) is 5.65 Å². The lowest BCUT2D eigenvalue weighted by molar-refractivity contribution is 0.930. The molecule has 2 heterocycles. The van der Waals surface area contributed by atoms with Crippen molar-refractivity contribution in [1.82, 2.24) is 19.5 Å². The average Bonchev–Trinajstić information content (AvgIpc) is 2.53. The van der Waals surface area contributed by atoms with Crippen LogP contribution in [-0.2, 0) is 7.05 Å². The first-order chi connectivity index (χ1) is 5.88. The van der Waals surface area contributed by atoms with E-state index in [1.165, 1.54) is 0 Å². The zero-order valence-corrected chi connectivity index (χ0v) is 7.52. The van der Waals surface area contributed by atoms with Crippen LogP contribution in [-0.4, -0.2) is 19.5 Å². The summed E-state index contributed by atoms with van der Waals surface area (Å²) in [5.41, 5.74) is 1.52. The molecule has 0 saturated heterocycles. The van der Waals surface area contributed by atoms with Gasteiger partial charge in [0, 0.05) is 19.4 Å². The Hall–Kier alpha value is -1.45. The minimum absolute atomic E-state index is 0.699. The molecular weight excluding hydrogens is 152 g/mol. The smallest absolute Gasteiger partial charge is 0.197 e. The first-order valence-corrected chi connectivity index (χ1v) is 3.96. The van der Waals surface area contributed by atoms with Gasteiger partial charge in [-0.2, -0.15) is 0 Å². The maximum atomic E-state index is 4.08. The van der Waals surface area contributed by atoms with Crippen LogP contribution in [0.4, 0.5) is 0 Å². The molecule has 2 aromatic rings. The SMILES string of the molecule is CC.Cn1cnc2nccnc21. The molecule has 4 heteroatoms. The Morgan fingerprint density at radius 1 is 1.08 bits per heavy atom. The number of hydrogen-bond acceptors (Lipinski definition) is 3. The molecule has 0 aromatic carbocycles. The highest BCUT2D eigenvalue weighted by Gasteiger charge is 1.97. The molecule has 64 valence electrons. The first-order valence-electron chi connectivity index (χ1n) is 3.96. The highest BCUT2D eigenvalue weighted by Crippen LogP contribution is 2.01. The molecule has 0 aliphatic rings. The van der Waals surface area contributed by atoms with Gasteiger partial charge in [0.15, 0.2) is 11.3 Å². The molecule has 0 unspecified atom stereocenters. The molecular formula is C8H12N4. The number of fused-ring (bicyclic) bond motifs is 1. The lowest BCUT2D eigenvalue weighted by atomic mass is 10.7. The summed E-state index contributed by atoms with van der Waals surface area (Å²) in [6, 6.07) is 0. The minimum Gasteiger partial charge on any atom is -0.317 e. The quantitative estimate of drug-likeness (QED) is 0.591. The van der Waals surface area contributed by atoms with Crippen LogP contribution in [0.2, 0.25) is 0 Å². The van der Waals surface area contributed by atoms with Gasteiger partial charge >= 0.3 is 0 Å². The van der Waals surface area contributed by atoms with Crippen LogP contribution in [0.3, 0.4) is 0 Å². The topological polar surface area (TPSA) is 43.6 Å². The Morgan fingerprint density at radius 3 is 2.42 bits per heavy atom. The number of rotatable bonds is 0. The third-order valence-electron chi connectivity index (χ3n) is 1.35. The summed E-state index contributed by atoms with van der Waals surface area (Å²) in [6.07, 6.45) is 4.99. The van der Waals surface area contributed by atoms with Gasteiger partial charge in [0.05, 0.1) is 6.33 Å². The van der Waals surface area contributed by atoms with Gasteiger partial charge in [-0.25, -0.2) is 15.0 Å². The highest BCUT2D eigenvalue weighted by molar-refractivity contribution is 5.64. The Balaban J connectivity index is 0.000000336. The molecule has 2 aromatic heterocycles. The minimum atomic E-state index is 0.699. The van der Waals surface area contributed by atoms with Gasteiger partial charge in [-0.1, -0.05) is 13.8 Å². The van der Waals surface area contributed by atoms with Crippen molar-refractivity contribution < 1.29 is 0 Å². The van der Waals surface area contributed by atoms with Crippen molar-refractivity contribution in [2.45, 2.75) is 13.8 Å². The standard InChI is InChI=1S/C6H6N4.C2H6/c1-10-4-9-5-6(10)8-3-2-7-5;1-2/h2-4H,1H3;1-2H3. The van der Waals surface area contributed by atoms with E-state index in [-0.39, 0.29) is 0 Å². The molecule has 0 N–H and O–H groups in total. The lowest BCUT2D eigenvalue weighted by Gasteiger charge is -1.88. The maximum absolute atomic E-state index is 4.08. The fourth-order valence-corrected chi connectivity index (χ4v) is 0.859. The van der Waals surface area contributed by atoms with Crippen LogP contribution in [0, 0.1) is 0 Å². The molecule has 0 fully saturated rings. The van der Waals surface area contributed by atoms with Gasteiger partial charge in [-0.05, 0) is 0 Å². The van der Waals surface area contributed by atoms with E-state index >= 15 is 0 Å². The van der Waals surface area contributed by atoms with Crippen LogP contribution in [0.1, 0.15) is 13.8 Å². The fraction of sp³-hybridized carbons (Fsp3) is 0.375. The van der Waals surface area contributed by atoms with Crippen molar-refractivity contribution in [3.05, 3.63) is 18.7 Å². The predicted octanol–water partition coefficient (Wildman–Crippen LogP) is 1.39. The van der Waals surface area contributed by atoms with E-state index < -0.39 is 0 Å². The molecule has 0 atom stereocenters. The van der Waals surface area contributed by atoms with E-state index in [4.69, 9.17) is 0 Å². The van der Waals surface area contributed by atoms with Gasteiger partial charge in [0.1, 0.15) is 0 Å². The molecule has 0 radical (unpaired) electrons. The van der Waals surface area contributed by atoms with Crippen molar-refractivity contribution in [1.29, 1.82) is 0 Å². The fourth-order valence-electron chi connectivity index (χ4n) is 0.859. The average molecular weight is 164 g/mol. The molecule has 4 nitrogen and oxygen atoms in total. The summed E-state index contributed by atoms with van der Waals surface area (Å²) in [7, 11) is 1.89. The van der Waals surface area contributed by atoms with Crippen LogP contribution < -0.4 is 0 Å². The molecule has 0 aliphatic heterocycles. The second-order valence-corrected chi connectivity index (χ2v) is 2.06. The van der Waals surface area contributed by atoms with Crippen LogP contribution >= 0.6 is 0 Å². The van der Waals surface area contributed by atoms with Crippen LogP contribution in [0.15, 0.2) is 18.7 Å². The van der Waals surface area contributed by atoms with Crippen molar-refractivity contribution in [2.24, 2.45) is 7.05 Å². The summed E-state index contributed by atoms with van der Waals surface area (Å²) in [6.45, 7) is 4.00. The zero-order valence-electron chi connectivity index (χ0n) is 7.52. The highest BCUT2D eigenvalue weighted by atomic mass is 15.1. The Labute approximate surface area is 71.3 Å². The second kappa shape index (κ2) is 3.80. The van der Waals surface area contributed by atoms with Gasteiger partial charge in [-0.3, -0.25) is 0 Å². The van der Waals surface area contributed by atoms with Crippen molar-refractivity contribution in [3.63, 3.8) is 0 Å². The monoisotopic (exact) mass is 164 g/mol. The maximum Gasteiger partial charge on any atom is 0.197 e. The van der Waals surface area contributed by atoms with Crippen molar-refractivity contribution in [3.8, 4) is 0 Å². The largest absolute Gasteiger partial charge is 0.317 e. The lowest BCUT2D eigenvalue weighted by Crippen LogP contribution is -1.87. The Bertz CT molecular complexity index is 353. The van der Waals surface area contributed by atoms with E-state index in [0.717, 1.165) is 5.65 Å². The van der Waals surface area contributed by atoms with E-state index in [1.807, 2.05) is 25.5 Å². The zero-order chi connectivity index (χ0) is 8.97. The number of aromatic nitrogens is 4. The van der Waals surface area contributed by atoms with Gasteiger partial charge < -0.3 is 4.57 Å². The van der Waals surface area contributed by atoms with Crippen molar-refractivity contribution >= 4 is 11.3 Å². The molecule has 0 saturated carbocycles. The number of hydrogen-bond donors (Lipinski definition) is 0. The van der Waals surface area contributed by atoms with Crippen LogP contribution in [0.5, 0.6) is 0 Å². The number of imidazole rings is 1. The number of aryl methyl sites for hydroxylation is 1.